The quantitative estimate of drug-likeness (QED) is 0.703. The van der Waals surface area contributed by atoms with E-state index in [2.05, 4.69) is 14.9 Å². The smallest absolute Gasteiger partial charge is 0.295 e. The van der Waals surface area contributed by atoms with E-state index in [-0.39, 0.29) is 16.7 Å². The van der Waals surface area contributed by atoms with Gasteiger partial charge in [-0.2, -0.15) is 8.42 Å². The minimum absolute atomic E-state index is 0.179. The third-order valence-electron chi connectivity index (χ3n) is 4.29. The molecule has 8 nitrogen and oxygen atoms in total. The number of ether oxygens (including phenoxy) is 1. The van der Waals surface area contributed by atoms with Crippen LogP contribution in [0.15, 0.2) is 50.3 Å². The number of nitrogens with one attached hydrogen (secondary N) is 1. The molecule has 1 saturated carbocycles. The van der Waals surface area contributed by atoms with Gasteiger partial charge in [0, 0.05) is 11.6 Å². The summed E-state index contributed by atoms with van der Waals surface area (Å²) < 4.78 is 43.5. The predicted molar refractivity (Wildman–Crippen MR) is 92.4 cm³/mol. The molecule has 9 heteroatoms. The van der Waals surface area contributed by atoms with Gasteiger partial charge in [0.2, 0.25) is 11.0 Å². The summed E-state index contributed by atoms with van der Waals surface area (Å²) in [6.07, 6.45) is 3.22. The van der Waals surface area contributed by atoms with Gasteiger partial charge in [-0.3, -0.25) is 4.72 Å². The highest BCUT2D eigenvalue weighted by atomic mass is 32.2. The summed E-state index contributed by atoms with van der Waals surface area (Å²) in [5.41, 5.74) is 0.397. The van der Waals surface area contributed by atoms with Gasteiger partial charge in [-0.15, -0.1) is 10.2 Å². The lowest BCUT2D eigenvalue weighted by Crippen LogP contribution is -2.11. The van der Waals surface area contributed by atoms with Crippen LogP contribution in [-0.2, 0) is 10.0 Å². The van der Waals surface area contributed by atoms with Gasteiger partial charge in [0.05, 0.1) is 7.11 Å². The second kappa shape index (κ2) is 6.49. The van der Waals surface area contributed by atoms with Gasteiger partial charge < -0.3 is 13.6 Å². The summed E-state index contributed by atoms with van der Waals surface area (Å²) >= 11 is 0. The van der Waals surface area contributed by atoms with Gasteiger partial charge >= 0.3 is 0 Å². The number of sulfonamides is 1. The monoisotopic (exact) mass is 375 g/mol. The van der Waals surface area contributed by atoms with Crippen LogP contribution in [0.25, 0.3) is 11.7 Å². The van der Waals surface area contributed by atoms with Crippen molar-refractivity contribution in [3.63, 3.8) is 0 Å². The van der Waals surface area contributed by atoms with Crippen molar-refractivity contribution in [1.29, 1.82) is 0 Å². The van der Waals surface area contributed by atoms with Crippen LogP contribution >= 0.6 is 0 Å². The Labute approximate surface area is 150 Å². The summed E-state index contributed by atoms with van der Waals surface area (Å²) in [5.74, 6) is 1.90. The summed E-state index contributed by atoms with van der Waals surface area (Å²) in [4.78, 5) is 0. The van der Waals surface area contributed by atoms with Crippen molar-refractivity contribution in [2.75, 3.05) is 11.8 Å². The first-order valence-electron chi connectivity index (χ1n) is 8.15. The molecule has 1 fully saturated rings. The number of furan rings is 1. The maximum absolute atomic E-state index is 12.5. The lowest BCUT2D eigenvalue weighted by Gasteiger charge is -2.20. The first-order chi connectivity index (χ1) is 12.5. The van der Waals surface area contributed by atoms with Crippen molar-refractivity contribution in [3.05, 3.63) is 42.3 Å². The predicted octanol–water partition coefficient (Wildman–Crippen LogP) is 3.41. The number of methoxy groups -OCH3 is 1. The fraction of sp³-hybridized carbons (Fsp3) is 0.294. The molecule has 0 radical (unpaired) electrons. The average Bonchev–Trinajstić information content (AvgIpc) is 3.23. The largest absolute Gasteiger partial charge is 0.497 e. The highest BCUT2D eigenvalue weighted by molar-refractivity contribution is 7.92. The van der Waals surface area contributed by atoms with Gasteiger partial charge in [-0.25, -0.2) is 0 Å². The Morgan fingerprint density at radius 2 is 1.85 bits per heavy atom. The fourth-order valence-corrected chi connectivity index (χ4v) is 3.59. The van der Waals surface area contributed by atoms with E-state index in [0.29, 0.717) is 23.2 Å². The summed E-state index contributed by atoms with van der Waals surface area (Å²) in [6.45, 7) is 0. The van der Waals surface area contributed by atoms with Gasteiger partial charge in [-0.1, -0.05) is 6.42 Å². The summed E-state index contributed by atoms with van der Waals surface area (Å²) in [6, 6.07) is 9.37. The number of anilines is 1. The van der Waals surface area contributed by atoms with Crippen LogP contribution in [0.1, 0.15) is 31.1 Å². The van der Waals surface area contributed by atoms with E-state index in [1.54, 1.807) is 24.3 Å². The normalized spacial score (nSPS) is 14.8. The maximum atomic E-state index is 12.5. The molecule has 136 valence electrons. The minimum Gasteiger partial charge on any atom is -0.497 e. The first kappa shape index (κ1) is 16.6. The number of hydrogen-bond donors (Lipinski definition) is 1. The Balaban J connectivity index is 1.52. The number of aromatic nitrogens is 2. The number of nitrogens with zero attached hydrogens (tertiary/aromatic N) is 2. The van der Waals surface area contributed by atoms with E-state index in [1.807, 2.05) is 0 Å². The zero-order valence-electron chi connectivity index (χ0n) is 14.0. The van der Waals surface area contributed by atoms with E-state index in [4.69, 9.17) is 13.6 Å². The summed E-state index contributed by atoms with van der Waals surface area (Å²) in [7, 11) is -2.33. The van der Waals surface area contributed by atoms with E-state index in [0.717, 1.165) is 19.3 Å². The molecule has 0 amide bonds. The van der Waals surface area contributed by atoms with Crippen LogP contribution < -0.4 is 9.46 Å². The van der Waals surface area contributed by atoms with Gasteiger partial charge in [0.15, 0.2) is 5.76 Å². The van der Waals surface area contributed by atoms with E-state index < -0.39 is 10.0 Å². The van der Waals surface area contributed by atoms with Gasteiger partial charge in [0.1, 0.15) is 5.75 Å². The van der Waals surface area contributed by atoms with E-state index in [9.17, 15) is 8.42 Å². The molecule has 1 aliphatic rings. The highest BCUT2D eigenvalue weighted by Crippen LogP contribution is 2.36. The molecule has 1 N–H and O–H groups in total. The van der Waals surface area contributed by atoms with Crippen molar-refractivity contribution in [2.45, 2.75) is 30.3 Å². The minimum atomic E-state index is -3.87. The van der Waals surface area contributed by atoms with Crippen LogP contribution in [0.4, 0.5) is 5.69 Å². The zero-order chi connectivity index (χ0) is 18.1. The van der Waals surface area contributed by atoms with Gasteiger partial charge in [0.25, 0.3) is 15.9 Å². The van der Waals surface area contributed by atoms with Crippen molar-refractivity contribution in [2.24, 2.45) is 0 Å². The lowest BCUT2D eigenvalue weighted by atomic mass is 9.85. The third kappa shape index (κ3) is 3.17. The van der Waals surface area contributed by atoms with E-state index in [1.165, 1.54) is 19.2 Å². The molecule has 26 heavy (non-hydrogen) atoms. The number of benzene rings is 1. The molecule has 1 aromatic carbocycles. The molecule has 2 aromatic heterocycles. The Hall–Kier alpha value is -2.81. The molecule has 0 atom stereocenters. The van der Waals surface area contributed by atoms with Crippen LogP contribution in [0.3, 0.4) is 0 Å². The molecule has 0 spiro atoms. The van der Waals surface area contributed by atoms with Crippen LogP contribution in [0, 0.1) is 0 Å². The topological polar surface area (TPSA) is 107 Å². The summed E-state index contributed by atoms with van der Waals surface area (Å²) in [5, 5.41) is 7.73. The standard InChI is InChI=1S/C17H17N3O5S/c1-23-13-7-5-12(6-8-13)20-26(21,22)15-10-9-14(24-15)17-19-18-16(25-17)11-3-2-4-11/h5-11,20H,2-4H2,1H3. The van der Waals surface area contributed by atoms with Crippen LogP contribution in [0.2, 0.25) is 0 Å². The Bertz CT molecular complexity index is 1000. The fourth-order valence-electron chi connectivity index (χ4n) is 2.60. The Morgan fingerprint density at radius 1 is 1.08 bits per heavy atom. The lowest BCUT2D eigenvalue weighted by molar-refractivity contribution is 0.334. The molecular formula is C17H17N3O5S. The zero-order valence-corrected chi connectivity index (χ0v) is 14.8. The molecule has 2 heterocycles. The molecule has 0 aliphatic heterocycles. The van der Waals surface area contributed by atoms with Crippen molar-refractivity contribution in [1.82, 2.24) is 10.2 Å². The second-order valence-electron chi connectivity index (χ2n) is 6.03. The molecule has 0 saturated heterocycles. The molecule has 4 rings (SSSR count). The van der Waals surface area contributed by atoms with Gasteiger partial charge in [-0.05, 0) is 49.2 Å². The Kier molecular flexibility index (Phi) is 4.15. The molecule has 3 aromatic rings. The van der Waals surface area contributed by atoms with Crippen molar-refractivity contribution in [3.8, 4) is 17.4 Å². The van der Waals surface area contributed by atoms with E-state index >= 15 is 0 Å². The Morgan fingerprint density at radius 3 is 2.50 bits per heavy atom. The molecule has 0 bridgehead atoms. The number of hydrogen-bond acceptors (Lipinski definition) is 7. The molecule has 0 unspecified atom stereocenters. The second-order valence-corrected chi connectivity index (χ2v) is 7.64. The van der Waals surface area contributed by atoms with Crippen LogP contribution in [-0.4, -0.2) is 25.7 Å². The van der Waals surface area contributed by atoms with Crippen molar-refractivity contribution < 1.29 is 22.0 Å². The average molecular weight is 375 g/mol. The molecule has 1 aliphatic carbocycles. The number of rotatable bonds is 6. The third-order valence-corrected chi connectivity index (χ3v) is 5.55. The van der Waals surface area contributed by atoms with Crippen LogP contribution in [0.5, 0.6) is 5.75 Å². The molecular weight excluding hydrogens is 358 g/mol. The first-order valence-corrected chi connectivity index (χ1v) is 9.64. The maximum Gasteiger partial charge on any atom is 0.295 e. The highest BCUT2D eigenvalue weighted by Gasteiger charge is 2.27. The van der Waals surface area contributed by atoms with Crippen molar-refractivity contribution >= 4 is 15.7 Å². The SMILES string of the molecule is COc1ccc(NS(=O)(=O)c2ccc(-c3nnc(C4CCC4)o3)o2)cc1.